The maximum absolute atomic E-state index is 12.5. The first-order valence-electron chi connectivity index (χ1n) is 4.88. The molecule has 0 aliphatic heterocycles. The molecule has 0 atom stereocenters. The van der Waals surface area contributed by atoms with E-state index in [1.165, 1.54) is 24.5 Å². The van der Waals surface area contributed by atoms with E-state index in [-0.39, 0.29) is 17.4 Å². The highest BCUT2D eigenvalue weighted by Gasteiger charge is 2.30. The van der Waals surface area contributed by atoms with E-state index in [9.17, 15) is 13.2 Å². The minimum absolute atomic E-state index is 0.0314. The molecule has 0 radical (unpaired) electrons. The van der Waals surface area contributed by atoms with Gasteiger partial charge in [0.25, 0.3) is 0 Å². The topological polar surface area (TPSA) is 61.0 Å². The number of nitrogens with zero attached hydrogens (tertiary/aromatic N) is 2. The number of ether oxygens (including phenoxy) is 1. The van der Waals surface area contributed by atoms with Gasteiger partial charge in [-0.15, -0.1) is 0 Å². The average molecular weight is 255 g/mol. The fourth-order valence-corrected chi connectivity index (χ4v) is 1.24. The number of alkyl halides is 3. The maximum atomic E-state index is 12.5. The zero-order chi connectivity index (χ0) is 13.2. The molecule has 1 heterocycles. The van der Waals surface area contributed by atoms with Crippen LogP contribution in [-0.2, 0) is 6.18 Å². The smallest absolute Gasteiger partial charge is 0.416 e. The summed E-state index contributed by atoms with van der Waals surface area (Å²) in [6.07, 6.45) is -1.93. The highest BCUT2D eigenvalue weighted by Crippen LogP contribution is 2.32. The maximum Gasteiger partial charge on any atom is 0.416 e. The molecule has 0 saturated carbocycles. The van der Waals surface area contributed by atoms with Crippen LogP contribution in [-0.4, -0.2) is 9.97 Å². The monoisotopic (exact) mass is 255 g/mol. The van der Waals surface area contributed by atoms with E-state index >= 15 is 0 Å². The van der Waals surface area contributed by atoms with Gasteiger partial charge >= 0.3 is 6.18 Å². The van der Waals surface area contributed by atoms with Gasteiger partial charge in [-0.1, -0.05) is 6.07 Å². The predicted octanol–water partition coefficient (Wildman–Crippen LogP) is 2.87. The molecule has 2 N–H and O–H groups in total. The second kappa shape index (κ2) is 4.52. The Kier molecular flexibility index (Phi) is 3.05. The van der Waals surface area contributed by atoms with Gasteiger partial charge in [0.05, 0.1) is 18.0 Å². The van der Waals surface area contributed by atoms with Crippen LogP contribution < -0.4 is 10.5 Å². The third-order valence-corrected chi connectivity index (χ3v) is 2.03. The minimum Gasteiger partial charge on any atom is -0.437 e. The first-order chi connectivity index (χ1) is 8.45. The second-order valence-electron chi connectivity index (χ2n) is 3.41. The van der Waals surface area contributed by atoms with Crippen molar-refractivity contribution in [3.05, 3.63) is 42.2 Å². The van der Waals surface area contributed by atoms with Crippen molar-refractivity contribution in [1.82, 2.24) is 9.97 Å². The molecule has 7 heteroatoms. The van der Waals surface area contributed by atoms with E-state index in [2.05, 4.69) is 9.97 Å². The molecule has 0 amide bonds. The van der Waals surface area contributed by atoms with Crippen molar-refractivity contribution < 1.29 is 17.9 Å². The highest BCUT2D eigenvalue weighted by atomic mass is 19.4. The van der Waals surface area contributed by atoms with Gasteiger partial charge in [0, 0.05) is 0 Å². The number of halogens is 3. The average Bonchev–Trinajstić information content (AvgIpc) is 2.31. The Morgan fingerprint density at radius 1 is 1.11 bits per heavy atom. The van der Waals surface area contributed by atoms with Gasteiger partial charge in [-0.25, -0.2) is 9.97 Å². The van der Waals surface area contributed by atoms with Crippen molar-refractivity contribution in [2.24, 2.45) is 0 Å². The van der Waals surface area contributed by atoms with Crippen molar-refractivity contribution in [3.63, 3.8) is 0 Å². The Morgan fingerprint density at radius 2 is 1.89 bits per heavy atom. The molecule has 0 bridgehead atoms. The lowest BCUT2D eigenvalue weighted by atomic mass is 10.2. The summed E-state index contributed by atoms with van der Waals surface area (Å²) in [5.74, 6) is 0.304. The molecule has 0 aliphatic rings. The lowest BCUT2D eigenvalue weighted by molar-refractivity contribution is -0.137. The fraction of sp³-hybridized carbons (Fsp3) is 0.0909. The van der Waals surface area contributed by atoms with E-state index in [0.29, 0.717) is 0 Å². The number of benzene rings is 1. The molecule has 0 saturated heterocycles. The van der Waals surface area contributed by atoms with Crippen LogP contribution in [0.25, 0.3) is 0 Å². The zero-order valence-corrected chi connectivity index (χ0v) is 8.98. The van der Waals surface area contributed by atoms with Crippen molar-refractivity contribution in [2.75, 3.05) is 5.73 Å². The summed E-state index contributed by atoms with van der Waals surface area (Å²) in [5.41, 5.74) is 4.53. The van der Waals surface area contributed by atoms with E-state index in [0.717, 1.165) is 12.1 Å². The van der Waals surface area contributed by atoms with Crippen molar-refractivity contribution >= 4 is 5.82 Å². The van der Waals surface area contributed by atoms with Gasteiger partial charge in [0.2, 0.25) is 5.88 Å². The van der Waals surface area contributed by atoms with Gasteiger partial charge < -0.3 is 10.5 Å². The number of aromatic nitrogens is 2. The van der Waals surface area contributed by atoms with Crippen LogP contribution in [0.15, 0.2) is 36.7 Å². The number of nitrogen functional groups attached to an aromatic ring is 1. The number of hydrogen-bond acceptors (Lipinski definition) is 4. The molecule has 0 aliphatic carbocycles. The Morgan fingerprint density at radius 3 is 2.50 bits per heavy atom. The van der Waals surface area contributed by atoms with Gasteiger partial charge in [-0.05, 0) is 18.2 Å². The first-order valence-corrected chi connectivity index (χ1v) is 4.88. The summed E-state index contributed by atoms with van der Waals surface area (Å²) in [6, 6.07) is 4.50. The normalized spacial score (nSPS) is 11.3. The summed E-state index contributed by atoms with van der Waals surface area (Å²) in [5, 5.41) is 0. The molecule has 18 heavy (non-hydrogen) atoms. The molecule has 0 spiro atoms. The van der Waals surface area contributed by atoms with Crippen LogP contribution in [0.4, 0.5) is 19.0 Å². The second-order valence-corrected chi connectivity index (χ2v) is 3.41. The Balaban J connectivity index is 2.22. The van der Waals surface area contributed by atoms with Gasteiger partial charge in [-0.3, -0.25) is 0 Å². The molecular weight excluding hydrogens is 247 g/mol. The van der Waals surface area contributed by atoms with Crippen LogP contribution >= 0.6 is 0 Å². The van der Waals surface area contributed by atoms with Crippen LogP contribution in [0.2, 0.25) is 0 Å². The summed E-state index contributed by atoms with van der Waals surface area (Å²) in [4.78, 5) is 7.49. The first kappa shape index (κ1) is 12.2. The number of rotatable bonds is 2. The molecular formula is C11H8F3N3O. The zero-order valence-electron chi connectivity index (χ0n) is 8.98. The van der Waals surface area contributed by atoms with E-state index in [1.54, 1.807) is 0 Å². The van der Waals surface area contributed by atoms with Crippen molar-refractivity contribution in [1.29, 1.82) is 0 Å². The summed E-state index contributed by atoms with van der Waals surface area (Å²) >= 11 is 0. The molecule has 0 fully saturated rings. The molecule has 4 nitrogen and oxygen atoms in total. The molecule has 2 rings (SSSR count). The van der Waals surface area contributed by atoms with Crippen molar-refractivity contribution in [3.8, 4) is 11.6 Å². The van der Waals surface area contributed by atoms with E-state index < -0.39 is 11.7 Å². The van der Waals surface area contributed by atoms with Crippen LogP contribution in [0, 0.1) is 0 Å². The van der Waals surface area contributed by atoms with E-state index in [4.69, 9.17) is 10.5 Å². The molecule has 1 aromatic heterocycles. The fourth-order valence-electron chi connectivity index (χ4n) is 1.24. The quantitative estimate of drug-likeness (QED) is 0.896. The predicted molar refractivity (Wildman–Crippen MR) is 58.0 cm³/mol. The third-order valence-electron chi connectivity index (χ3n) is 2.03. The molecule has 1 aromatic carbocycles. The van der Waals surface area contributed by atoms with Gasteiger partial charge in [-0.2, -0.15) is 13.2 Å². The highest BCUT2D eigenvalue weighted by molar-refractivity contribution is 5.33. The number of nitrogens with two attached hydrogens (primary N) is 1. The van der Waals surface area contributed by atoms with Crippen LogP contribution in [0.5, 0.6) is 11.6 Å². The van der Waals surface area contributed by atoms with E-state index in [1.807, 2.05) is 0 Å². The molecule has 2 aromatic rings. The Bertz CT molecular complexity index is 540. The minimum atomic E-state index is -4.41. The largest absolute Gasteiger partial charge is 0.437 e. The summed E-state index contributed by atoms with van der Waals surface area (Å²) < 4.78 is 42.5. The van der Waals surface area contributed by atoms with Crippen LogP contribution in [0.3, 0.4) is 0 Å². The van der Waals surface area contributed by atoms with Crippen molar-refractivity contribution in [2.45, 2.75) is 6.18 Å². The lowest BCUT2D eigenvalue weighted by Gasteiger charge is -2.09. The third kappa shape index (κ3) is 2.88. The standard InChI is InChI=1S/C11H8F3N3O/c12-11(13,14)7-2-1-3-8(4-7)18-10-6-16-9(15)5-17-10/h1-6H,(H2,15,16). The summed E-state index contributed by atoms with van der Waals surface area (Å²) in [6.45, 7) is 0. The number of hydrogen-bond donors (Lipinski definition) is 1. The molecule has 0 unspecified atom stereocenters. The lowest BCUT2D eigenvalue weighted by Crippen LogP contribution is -2.04. The Hall–Kier alpha value is -2.31. The van der Waals surface area contributed by atoms with Gasteiger partial charge in [0.15, 0.2) is 0 Å². The Labute approximate surface area is 100 Å². The summed E-state index contributed by atoms with van der Waals surface area (Å²) in [7, 11) is 0. The molecule has 94 valence electrons. The van der Waals surface area contributed by atoms with Gasteiger partial charge in [0.1, 0.15) is 11.6 Å². The number of anilines is 1. The van der Waals surface area contributed by atoms with Crippen LogP contribution in [0.1, 0.15) is 5.56 Å². The SMILES string of the molecule is Nc1cnc(Oc2cccc(C(F)(F)F)c2)cn1.